The first-order valence-corrected chi connectivity index (χ1v) is 40.6. The lowest BCUT2D eigenvalue weighted by atomic mass is 9.35. The smallest absolute Gasteiger partial charge is 0.256 e. The van der Waals surface area contributed by atoms with Crippen molar-refractivity contribution in [3.63, 3.8) is 0 Å². The number of hydrogen-bond acceptors (Lipinski definition) is 8. The van der Waals surface area contributed by atoms with Gasteiger partial charge in [-0.15, -0.1) is 0 Å². The molecule has 0 aliphatic carbocycles. The molecule has 19 heteroatoms. The normalized spacial score (nSPS) is 12.0. The fourth-order valence-electron chi connectivity index (χ4n) is 18.3. The second-order valence-corrected chi connectivity index (χ2v) is 30.9. The average molecular weight is 1610 g/mol. The SMILES string of the molecule is Clc1cc(Cl)nc(Cl)n1.Clc1nc(-n2c3ccccc3c3ccccc32)cc(-n2c3ccccc3c3ccccc32)n1.c1ccc(-c2nc(-n3c4ccccc4c4ccccc43)cc(-n3c4ccccc4c4ccccc43)n2)cc1.c1ccc(-c2nc3c4c(n2)-n2c5ccccc5c5cccc(c52)B4c2cccc4c5ccccc5n-3c24)cc1. The van der Waals surface area contributed by atoms with E-state index < -0.39 is 0 Å². The highest BCUT2D eigenvalue weighted by Crippen LogP contribution is 2.42. The molecule has 10 aromatic heterocycles. The Balaban J connectivity index is 0.0000000993. The summed E-state index contributed by atoms with van der Waals surface area (Å²) in [6, 6.07) is 125. The number of halogens is 4. The van der Waals surface area contributed by atoms with Crippen LogP contribution < -0.4 is 16.4 Å². The lowest BCUT2D eigenvalue weighted by Crippen LogP contribution is -2.60. The fraction of sp³-hybridized carbons (Fsp3) is 0. The van der Waals surface area contributed by atoms with Crippen molar-refractivity contribution in [2.75, 3.05) is 0 Å². The molecule has 24 aromatic rings. The van der Waals surface area contributed by atoms with Gasteiger partial charge in [-0.3, -0.25) is 27.4 Å². The molecule has 0 saturated heterocycles. The van der Waals surface area contributed by atoms with Crippen LogP contribution in [-0.4, -0.2) is 74.0 Å². The van der Waals surface area contributed by atoms with Crippen LogP contribution in [0.25, 0.3) is 189 Å². The molecule has 12 heterocycles. The van der Waals surface area contributed by atoms with E-state index in [0.717, 1.165) is 96.0 Å². The van der Waals surface area contributed by atoms with E-state index in [1.165, 1.54) is 109 Å². The van der Waals surface area contributed by atoms with Crippen molar-refractivity contribution in [1.29, 1.82) is 0 Å². The molecule has 14 aromatic carbocycles. The van der Waals surface area contributed by atoms with Gasteiger partial charge in [0.25, 0.3) is 6.71 Å². The molecule has 14 nitrogen and oxygen atoms in total. The third kappa shape index (κ3) is 11.3. The van der Waals surface area contributed by atoms with Gasteiger partial charge in [0.05, 0.1) is 66.2 Å². The fourth-order valence-corrected chi connectivity index (χ4v) is 19.1. The highest BCUT2D eigenvalue weighted by Gasteiger charge is 2.43. The van der Waals surface area contributed by atoms with Gasteiger partial charge in [-0.1, -0.05) is 302 Å². The van der Waals surface area contributed by atoms with Crippen LogP contribution in [0.1, 0.15) is 0 Å². The third-order valence-corrected chi connectivity index (χ3v) is 23.7. The first kappa shape index (κ1) is 69.9. The van der Waals surface area contributed by atoms with Gasteiger partial charge in [-0.05, 0) is 94.8 Å². The average Bonchev–Trinajstić information content (AvgIpc) is 1.54. The first-order valence-electron chi connectivity index (χ1n) is 39.0. The summed E-state index contributed by atoms with van der Waals surface area (Å²) in [5.41, 5.74) is 19.5. The minimum Gasteiger partial charge on any atom is -0.295 e. The number of hydrogen-bond donors (Lipinski definition) is 0. The zero-order valence-electron chi connectivity index (χ0n) is 62.9. The molecule has 0 spiro atoms. The topological polar surface area (TPSA) is 133 Å². The van der Waals surface area contributed by atoms with Crippen LogP contribution in [0.5, 0.6) is 0 Å². The van der Waals surface area contributed by atoms with Gasteiger partial charge in [-0.25, -0.2) is 29.9 Å². The Morgan fingerprint density at radius 2 is 0.437 bits per heavy atom. The minimum absolute atomic E-state index is 0.0563. The maximum atomic E-state index is 6.54. The molecule has 0 atom stereocenters. The van der Waals surface area contributed by atoms with Gasteiger partial charge in [-0.2, -0.15) is 9.97 Å². The Morgan fingerprint density at radius 1 is 0.202 bits per heavy atom. The van der Waals surface area contributed by atoms with E-state index in [1.54, 1.807) is 0 Å². The molecule has 0 unspecified atom stereocenters. The quantitative estimate of drug-likeness (QED) is 0.0913. The second-order valence-electron chi connectivity index (χ2n) is 29.5. The van der Waals surface area contributed by atoms with Gasteiger partial charge >= 0.3 is 0 Å². The summed E-state index contributed by atoms with van der Waals surface area (Å²) in [7, 11) is 0. The monoisotopic (exact) mass is 1610 g/mol. The van der Waals surface area contributed by atoms with Crippen molar-refractivity contribution >= 4 is 200 Å². The van der Waals surface area contributed by atoms with Crippen molar-refractivity contribution in [2.24, 2.45) is 0 Å². The highest BCUT2D eigenvalue weighted by molar-refractivity contribution is 7.00. The summed E-state index contributed by atoms with van der Waals surface area (Å²) in [6.07, 6.45) is 0. The molecule has 0 bridgehead atoms. The molecule has 2 aliphatic rings. The molecule has 2 aliphatic heterocycles. The number of para-hydroxylation sites is 12. The summed E-state index contributed by atoms with van der Waals surface area (Å²) in [5, 5.41) is 15.4. The molecular formula is C100H59BCl4N14. The van der Waals surface area contributed by atoms with E-state index in [1.807, 2.05) is 54.6 Å². The largest absolute Gasteiger partial charge is 0.295 e. The number of aromatic nitrogens is 14. The third-order valence-electron chi connectivity index (χ3n) is 23.0. The Bertz CT molecular complexity index is 7620. The Labute approximate surface area is 699 Å². The Kier molecular flexibility index (Phi) is 16.5. The van der Waals surface area contributed by atoms with Crippen LogP contribution in [0.3, 0.4) is 0 Å². The van der Waals surface area contributed by atoms with E-state index in [9.17, 15) is 0 Å². The summed E-state index contributed by atoms with van der Waals surface area (Å²) < 4.78 is 13.6. The van der Waals surface area contributed by atoms with Crippen LogP contribution in [0, 0.1) is 0 Å². The molecule has 0 fully saturated rings. The summed E-state index contributed by atoms with van der Waals surface area (Å²) in [5.74, 6) is 6.57. The lowest BCUT2D eigenvalue weighted by molar-refractivity contribution is 0.987. The zero-order valence-corrected chi connectivity index (χ0v) is 65.9. The molecule has 0 saturated carbocycles. The minimum atomic E-state index is 0.0563. The van der Waals surface area contributed by atoms with E-state index in [2.05, 4.69) is 345 Å². The van der Waals surface area contributed by atoms with Crippen molar-refractivity contribution in [1.82, 2.24) is 67.3 Å². The summed E-state index contributed by atoms with van der Waals surface area (Å²) >= 11 is 22.8. The van der Waals surface area contributed by atoms with Crippen LogP contribution in [0.2, 0.25) is 20.9 Å². The van der Waals surface area contributed by atoms with Gasteiger partial charge in [0, 0.05) is 99.4 Å². The van der Waals surface area contributed by atoms with E-state index in [0.29, 0.717) is 5.82 Å². The number of rotatable bonds is 6. The van der Waals surface area contributed by atoms with E-state index in [4.69, 9.17) is 66.3 Å². The Hall–Kier alpha value is -14.6. The highest BCUT2D eigenvalue weighted by atomic mass is 35.5. The number of benzene rings is 14. The van der Waals surface area contributed by atoms with Crippen molar-refractivity contribution in [2.45, 2.75) is 0 Å². The molecular weight excluding hydrogens is 1550 g/mol. The predicted octanol–water partition coefficient (Wildman–Crippen LogP) is 23.6. The van der Waals surface area contributed by atoms with Gasteiger partial charge in [0.2, 0.25) is 10.6 Å². The maximum Gasteiger partial charge on any atom is 0.256 e. The van der Waals surface area contributed by atoms with Gasteiger partial charge in [0.1, 0.15) is 45.2 Å². The molecule has 119 heavy (non-hydrogen) atoms. The van der Waals surface area contributed by atoms with Crippen molar-refractivity contribution in [3.8, 4) is 57.7 Å². The summed E-state index contributed by atoms with van der Waals surface area (Å²) in [4.78, 5) is 37.5. The van der Waals surface area contributed by atoms with Crippen molar-refractivity contribution < 1.29 is 0 Å². The lowest BCUT2D eigenvalue weighted by Gasteiger charge is -2.32. The zero-order chi connectivity index (χ0) is 79.1. The molecule has 0 radical (unpaired) electrons. The maximum absolute atomic E-state index is 6.54. The van der Waals surface area contributed by atoms with Crippen LogP contribution in [0.4, 0.5) is 0 Å². The molecule has 0 amide bonds. The van der Waals surface area contributed by atoms with E-state index in [-0.39, 0.29) is 27.6 Å². The number of fused-ring (bicyclic) bond motifs is 22. The summed E-state index contributed by atoms with van der Waals surface area (Å²) in [6.45, 7) is 0.0563. The van der Waals surface area contributed by atoms with Crippen LogP contribution >= 0.6 is 46.4 Å². The van der Waals surface area contributed by atoms with Crippen LogP contribution in [-0.2, 0) is 0 Å². The standard InChI is InChI=1S/C34H19BN4.C34H22N4.C28H17ClN4.C4HCl3N2/c1-2-10-20(11-3-1)32-36-33-29-34(37-32)39-28-19-7-5-13-22(28)24-15-9-17-26(31(24)39)35(29)25-16-8-14-23-21-12-4-6-18-27(21)38(33)30(23)25;1-2-12-23(13-3-1)34-35-32(37-28-18-8-4-14-24(28)25-15-5-9-19-29(25)37)22-33(36-34)38-30-20-10-6-16-26(30)27-17-7-11-21-31(27)38;29-28-30-26(32-22-13-5-1-9-18(22)19-10-2-6-14-23(19)32)17-27(31-28)33-24-15-7-3-11-20(24)21-12-4-8-16-25(21)33;5-2-1-3(6)9-4(7)8-2/h1-19H;1-22H;1-17H;1H. The predicted molar refractivity (Wildman–Crippen MR) is 490 cm³/mol. The molecule has 0 N–H and O–H groups in total. The second kappa shape index (κ2) is 28.1. The van der Waals surface area contributed by atoms with Crippen LogP contribution in [0.15, 0.2) is 358 Å². The van der Waals surface area contributed by atoms with Gasteiger partial charge in [0.15, 0.2) is 11.6 Å². The molecule has 26 rings (SSSR count). The Morgan fingerprint density at radius 3 is 0.731 bits per heavy atom. The van der Waals surface area contributed by atoms with E-state index >= 15 is 0 Å². The first-order chi connectivity index (χ1) is 58.7. The molecule has 560 valence electrons. The van der Waals surface area contributed by atoms with Crippen molar-refractivity contribution in [3.05, 3.63) is 379 Å². The number of nitrogens with zero attached hydrogens (tertiary/aromatic N) is 14. The van der Waals surface area contributed by atoms with Gasteiger partial charge < -0.3 is 0 Å².